The van der Waals surface area contributed by atoms with Crippen LogP contribution in [0.4, 0.5) is 0 Å². The van der Waals surface area contributed by atoms with Crippen LogP contribution in [-0.2, 0) is 5.41 Å². The highest BCUT2D eigenvalue weighted by Crippen LogP contribution is 2.18. The van der Waals surface area contributed by atoms with Crippen LogP contribution < -0.4 is 0 Å². The van der Waals surface area contributed by atoms with Crippen LogP contribution in [0.5, 0.6) is 0 Å². The van der Waals surface area contributed by atoms with E-state index in [1.54, 1.807) is 0 Å². The lowest BCUT2D eigenvalue weighted by Gasteiger charge is -2.11. The molecule has 2 heteroatoms. The maximum absolute atomic E-state index is 7.13. The molecule has 0 bridgehead atoms. The Kier molecular flexibility index (Phi) is 0.848. The molecule has 0 aliphatic rings. The number of oxazole rings is 1. The van der Waals surface area contributed by atoms with E-state index in [1.807, 2.05) is 20.8 Å². The summed E-state index contributed by atoms with van der Waals surface area (Å²) in [6.45, 7) is 5.78. The average Bonchev–Trinajstić information content (AvgIpc) is 2.11. The predicted octanol–water partition coefficient (Wildman–Crippen LogP) is 1.97. The van der Waals surface area contributed by atoms with Crippen LogP contribution >= 0.6 is 0 Å². The van der Waals surface area contributed by atoms with Crippen LogP contribution in [0, 0.1) is 0 Å². The van der Waals surface area contributed by atoms with Gasteiger partial charge in [-0.1, -0.05) is 20.8 Å². The van der Waals surface area contributed by atoms with Crippen LogP contribution in [-0.4, -0.2) is 4.98 Å². The van der Waals surface area contributed by atoms with Crippen molar-refractivity contribution < 1.29 is 7.16 Å². The van der Waals surface area contributed by atoms with E-state index in [9.17, 15) is 0 Å². The number of hydrogen-bond donors (Lipinski definition) is 0. The van der Waals surface area contributed by atoms with Crippen LogP contribution in [0.1, 0.15) is 29.4 Å². The molecular weight excluding hydrogens is 114 g/mol. The van der Waals surface area contributed by atoms with Crippen molar-refractivity contribution in [2.45, 2.75) is 26.2 Å². The molecule has 1 aromatic rings. The molecule has 0 N–H and O–H groups in total. The van der Waals surface area contributed by atoms with E-state index in [4.69, 9.17) is 7.16 Å². The van der Waals surface area contributed by atoms with Crippen LogP contribution in [0.15, 0.2) is 16.8 Å². The minimum absolute atomic E-state index is 0.0880. The summed E-state index contributed by atoms with van der Waals surface area (Å²) >= 11 is 0. The van der Waals surface area contributed by atoms with Crippen molar-refractivity contribution >= 4 is 0 Å². The third-order valence-electron chi connectivity index (χ3n) is 0.992. The summed E-state index contributed by atoms with van der Waals surface area (Å²) < 4.78 is 19.2. The zero-order valence-electron chi connectivity index (χ0n) is 7.86. The van der Waals surface area contributed by atoms with Gasteiger partial charge < -0.3 is 4.42 Å². The summed E-state index contributed by atoms with van der Waals surface area (Å²) in [4.78, 5) is 3.79. The molecule has 50 valence electrons. The van der Waals surface area contributed by atoms with E-state index in [2.05, 4.69) is 4.98 Å². The number of nitrogens with zero attached hydrogens (tertiary/aromatic N) is 1. The van der Waals surface area contributed by atoms with Gasteiger partial charge in [0.15, 0.2) is 5.89 Å². The second-order valence-electron chi connectivity index (χ2n) is 2.98. The fraction of sp³-hybridized carbons (Fsp3) is 0.571. The number of hydrogen-bond acceptors (Lipinski definition) is 2. The lowest BCUT2D eigenvalue weighted by molar-refractivity contribution is 0.392. The molecule has 0 saturated heterocycles. The predicted molar refractivity (Wildman–Crippen MR) is 35.2 cm³/mol. The Balaban J connectivity index is 3.08. The third-order valence-corrected chi connectivity index (χ3v) is 0.992. The maximum Gasteiger partial charge on any atom is 0.199 e. The number of aromatic nitrogens is 1. The summed E-state index contributed by atoms with van der Waals surface area (Å²) in [6, 6.07) is 0. The largest absolute Gasteiger partial charge is 0.448 e. The van der Waals surface area contributed by atoms with Gasteiger partial charge in [0.2, 0.25) is 0 Å². The summed E-state index contributed by atoms with van der Waals surface area (Å²) in [5.74, 6) is 0.451. The molecule has 2 nitrogen and oxygen atoms in total. The number of rotatable bonds is 0. The van der Waals surface area contributed by atoms with Crippen molar-refractivity contribution in [3.8, 4) is 0 Å². The van der Waals surface area contributed by atoms with E-state index >= 15 is 0 Å². The van der Waals surface area contributed by atoms with Gasteiger partial charge in [-0.15, -0.1) is 0 Å². The summed E-state index contributed by atoms with van der Waals surface area (Å²) in [7, 11) is 0. The van der Waals surface area contributed by atoms with Gasteiger partial charge in [0, 0.05) is 5.41 Å². The molecule has 0 aromatic carbocycles. The van der Waals surface area contributed by atoms with Crippen LogP contribution in [0.2, 0.25) is 0 Å². The Morgan fingerprint density at radius 2 is 2.33 bits per heavy atom. The van der Waals surface area contributed by atoms with Gasteiger partial charge in [0.05, 0.1) is 7.54 Å². The van der Waals surface area contributed by atoms with Crippen LogP contribution in [0.25, 0.3) is 0 Å². The quantitative estimate of drug-likeness (QED) is 0.532. The zero-order valence-corrected chi connectivity index (χ0v) is 5.86. The highest BCUT2D eigenvalue weighted by atomic mass is 16.3. The van der Waals surface area contributed by atoms with Crippen molar-refractivity contribution in [2.24, 2.45) is 0 Å². The Bertz CT molecular complexity index is 242. The molecule has 1 aromatic heterocycles. The van der Waals surface area contributed by atoms with Crippen molar-refractivity contribution in [3.05, 3.63) is 18.3 Å². The molecule has 0 radical (unpaired) electrons. The van der Waals surface area contributed by atoms with E-state index < -0.39 is 0 Å². The Morgan fingerprint density at radius 3 is 2.56 bits per heavy atom. The van der Waals surface area contributed by atoms with Crippen molar-refractivity contribution in [2.75, 3.05) is 0 Å². The van der Waals surface area contributed by atoms with Gasteiger partial charge in [-0.05, 0) is 0 Å². The molecule has 0 saturated carbocycles. The van der Waals surface area contributed by atoms with E-state index in [1.165, 1.54) is 0 Å². The molecule has 1 rings (SSSR count). The molecule has 0 unspecified atom stereocenters. The molecule has 9 heavy (non-hydrogen) atoms. The highest BCUT2D eigenvalue weighted by molar-refractivity contribution is 4.95. The first kappa shape index (κ1) is 4.09. The van der Waals surface area contributed by atoms with Gasteiger partial charge in [-0.3, -0.25) is 0 Å². The smallest absolute Gasteiger partial charge is 0.199 e. The standard InChI is InChI=1S/C7H11NO/c1-7(2,3)6-8-4-5-9-6/h4-5H,1-3H3/i4D,5D. The molecule has 0 amide bonds. The molecule has 1 heterocycles. The van der Waals surface area contributed by atoms with E-state index in [0.29, 0.717) is 5.89 Å². The second kappa shape index (κ2) is 1.87. The molecule has 0 aliphatic heterocycles. The topological polar surface area (TPSA) is 26.0 Å². The minimum atomic E-state index is -0.213. The fourth-order valence-corrected chi connectivity index (χ4v) is 0.488. The van der Waals surface area contributed by atoms with E-state index in [0.717, 1.165) is 0 Å². The normalized spacial score (nSPS) is 15.0. The molecule has 0 spiro atoms. The molecule has 0 fully saturated rings. The fourth-order valence-electron chi connectivity index (χ4n) is 0.488. The van der Waals surface area contributed by atoms with E-state index in [-0.39, 0.29) is 17.8 Å². The summed E-state index contributed by atoms with van der Waals surface area (Å²) in [5.41, 5.74) is -0.213. The van der Waals surface area contributed by atoms with Gasteiger partial charge >= 0.3 is 0 Å². The highest BCUT2D eigenvalue weighted by Gasteiger charge is 2.17. The molecule has 0 aliphatic carbocycles. The lowest BCUT2D eigenvalue weighted by atomic mass is 9.97. The summed E-state index contributed by atoms with van der Waals surface area (Å²) in [5, 5.41) is 0. The summed E-state index contributed by atoms with van der Waals surface area (Å²) in [6.07, 6.45) is -0.246. The first-order chi connectivity index (χ1) is 4.91. The van der Waals surface area contributed by atoms with Gasteiger partial charge in [0.25, 0.3) is 0 Å². The van der Waals surface area contributed by atoms with Crippen LogP contribution in [0.3, 0.4) is 0 Å². The van der Waals surface area contributed by atoms with Gasteiger partial charge in [-0.25, -0.2) is 4.98 Å². The van der Waals surface area contributed by atoms with Crippen molar-refractivity contribution in [1.82, 2.24) is 4.98 Å². The van der Waals surface area contributed by atoms with Gasteiger partial charge in [0.1, 0.15) is 7.61 Å². The van der Waals surface area contributed by atoms with Gasteiger partial charge in [-0.2, -0.15) is 0 Å². The lowest BCUT2D eigenvalue weighted by Crippen LogP contribution is -2.10. The maximum atomic E-state index is 7.13. The Morgan fingerprint density at radius 1 is 1.67 bits per heavy atom. The minimum Gasteiger partial charge on any atom is -0.448 e. The SMILES string of the molecule is [2H]c1nc(C(C)(C)C)oc1[2H]. The molecular formula is C7H11NO. The van der Waals surface area contributed by atoms with Crippen molar-refractivity contribution in [3.63, 3.8) is 0 Å². The first-order valence-corrected chi connectivity index (χ1v) is 2.86. The average molecular weight is 127 g/mol. The Labute approximate surface area is 57.7 Å². The third kappa shape index (κ3) is 1.31. The van der Waals surface area contributed by atoms with Crippen molar-refractivity contribution in [1.29, 1.82) is 0 Å². The monoisotopic (exact) mass is 127 g/mol. The Hall–Kier alpha value is -0.790. The first-order valence-electron chi connectivity index (χ1n) is 3.86. The zero-order chi connectivity index (χ0) is 8.65. The second-order valence-corrected chi connectivity index (χ2v) is 2.98. The molecule has 0 atom stereocenters.